The second-order valence-electron chi connectivity index (χ2n) is 1.57. The summed E-state index contributed by atoms with van der Waals surface area (Å²) in [5.41, 5.74) is 0. The summed E-state index contributed by atoms with van der Waals surface area (Å²) in [7, 11) is 0. The van der Waals surface area contributed by atoms with Crippen molar-refractivity contribution in [1.29, 1.82) is 0 Å². The molecule has 0 bridgehead atoms. The van der Waals surface area contributed by atoms with E-state index in [1.165, 1.54) is 0 Å². The molecule has 0 aromatic carbocycles. The van der Waals surface area contributed by atoms with E-state index in [4.69, 9.17) is 5.26 Å². The zero-order valence-corrected chi connectivity index (χ0v) is 5.05. The van der Waals surface area contributed by atoms with Gasteiger partial charge in [0, 0.05) is 0 Å². The monoisotopic (exact) mass is 121 g/mol. The zero-order chi connectivity index (χ0) is 5.86. The van der Waals surface area contributed by atoms with Crippen LogP contribution in [-0.2, 0) is 9.68 Å². The van der Waals surface area contributed by atoms with Crippen LogP contribution in [0.2, 0.25) is 0 Å². The largest absolute Gasteiger partial charge is 0.344 e. The van der Waals surface area contributed by atoms with E-state index in [9.17, 15) is 4.79 Å². The van der Waals surface area contributed by atoms with Gasteiger partial charge in [0.25, 0.3) is 0 Å². The van der Waals surface area contributed by atoms with Gasteiger partial charge < -0.3 is 11.0 Å². The van der Waals surface area contributed by atoms with Crippen LogP contribution in [0.3, 0.4) is 0 Å². The van der Waals surface area contributed by atoms with E-state index < -0.39 is 5.97 Å². The Balaban J connectivity index is 0. The van der Waals surface area contributed by atoms with Gasteiger partial charge in [-0.25, -0.2) is 4.79 Å². The van der Waals surface area contributed by atoms with E-state index >= 15 is 0 Å². The molecule has 0 fully saturated rings. The topological polar surface area (TPSA) is 81.5 Å². The molecule has 0 amide bonds. The first-order valence-electron chi connectivity index (χ1n) is 2.03. The van der Waals surface area contributed by atoms with Crippen molar-refractivity contribution in [3.05, 3.63) is 0 Å². The van der Waals surface area contributed by atoms with Crippen LogP contribution >= 0.6 is 0 Å². The summed E-state index contributed by atoms with van der Waals surface area (Å²) in [6, 6.07) is 0. The molecule has 0 saturated carbocycles. The summed E-state index contributed by atoms with van der Waals surface area (Å²) in [5, 5.41) is 7.66. The van der Waals surface area contributed by atoms with E-state index in [1.807, 2.05) is 0 Å². The fourth-order valence-electron chi connectivity index (χ4n) is 0.105. The summed E-state index contributed by atoms with van der Waals surface area (Å²) in [5.74, 6) is -0.843. The minimum Gasteiger partial charge on any atom is -0.344 e. The Bertz CT molecular complexity index is 71.7. The molecule has 0 aliphatic heterocycles. The molecule has 0 heterocycles. The molecule has 0 spiro atoms. The number of hydrogen-bond acceptors (Lipinski definition) is 4. The molecule has 50 valence electrons. The van der Waals surface area contributed by atoms with Crippen molar-refractivity contribution in [2.24, 2.45) is 5.92 Å². The van der Waals surface area contributed by atoms with Crippen LogP contribution in [0.25, 0.3) is 0 Å². The predicted molar refractivity (Wildman–Crippen MR) is 28.6 cm³/mol. The molecule has 0 aromatic rings. The second-order valence-corrected chi connectivity index (χ2v) is 1.57. The Morgan fingerprint density at radius 2 is 2.00 bits per heavy atom. The highest BCUT2D eigenvalue weighted by atomic mass is 17.1. The lowest BCUT2D eigenvalue weighted by molar-refractivity contribution is -0.237. The van der Waals surface area contributed by atoms with Crippen molar-refractivity contribution in [2.75, 3.05) is 0 Å². The van der Waals surface area contributed by atoms with Crippen molar-refractivity contribution in [3.63, 3.8) is 0 Å². The molecule has 0 rings (SSSR count). The van der Waals surface area contributed by atoms with Gasteiger partial charge in [-0.3, -0.25) is 0 Å². The Morgan fingerprint density at radius 1 is 1.62 bits per heavy atom. The molecule has 0 aliphatic carbocycles. The molecule has 0 aromatic heterocycles. The third-order valence-corrected chi connectivity index (χ3v) is 0.561. The summed E-state index contributed by atoms with van der Waals surface area (Å²) >= 11 is 0. The first-order valence-corrected chi connectivity index (χ1v) is 2.03. The lowest BCUT2D eigenvalue weighted by Crippen LogP contribution is -2.08. The molecule has 0 unspecified atom stereocenters. The summed E-state index contributed by atoms with van der Waals surface area (Å²) in [4.78, 5) is 13.4. The van der Waals surface area contributed by atoms with Gasteiger partial charge in [0.15, 0.2) is 0 Å². The number of carbonyl (C=O) groups excluding carboxylic acids is 1. The molecule has 4 heteroatoms. The van der Waals surface area contributed by atoms with Crippen LogP contribution in [0.15, 0.2) is 0 Å². The third kappa shape index (κ3) is 3.58. The maximum atomic E-state index is 10.0. The van der Waals surface area contributed by atoms with Gasteiger partial charge in [-0.2, -0.15) is 5.26 Å². The smallest absolute Gasteiger partial charge is 0.344 e. The third-order valence-electron chi connectivity index (χ3n) is 0.561. The molecule has 0 saturated heterocycles. The fourth-order valence-corrected chi connectivity index (χ4v) is 0.105. The van der Waals surface area contributed by atoms with E-state index in [2.05, 4.69) is 4.89 Å². The van der Waals surface area contributed by atoms with Crippen molar-refractivity contribution in [2.45, 2.75) is 13.8 Å². The van der Waals surface area contributed by atoms with Crippen molar-refractivity contribution < 1.29 is 14.9 Å². The molecule has 0 atom stereocenters. The highest BCUT2D eigenvalue weighted by Gasteiger charge is 2.05. The highest BCUT2D eigenvalue weighted by molar-refractivity contribution is 5.70. The quantitative estimate of drug-likeness (QED) is 0.397. The van der Waals surface area contributed by atoms with E-state index in [0.29, 0.717) is 0 Å². The van der Waals surface area contributed by atoms with Gasteiger partial charge in [0.1, 0.15) is 0 Å². The van der Waals surface area contributed by atoms with Crippen LogP contribution in [0, 0.1) is 5.92 Å². The maximum absolute atomic E-state index is 10.0. The molecule has 8 heavy (non-hydrogen) atoms. The van der Waals surface area contributed by atoms with Crippen LogP contribution in [0.4, 0.5) is 0 Å². The lowest BCUT2D eigenvalue weighted by Gasteiger charge is -1.94. The van der Waals surface area contributed by atoms with Crippen LogP contribution in [0.5, 0.6) is 0 Å². The van der Waals surface area contributed by atoms with Gasteiger partial charge >= 0.3 is 5.97 Å². The second kappa shape index (κ2) is 4.55. The molecule has 0 aliphatic rings. The maximum Gasteiger partial charge on any atom is 0.344 e. The molecule has 0 radical (unpaired) electrons. The number of carbonyl (C=O) groups is 1. The van der Waals surface area contributed by atoms with Gasteiger partial charge in [-0.15, -0.1) is 0 Å². The summed E-state index contributed by atoms with van der Waals surface area (Å²) in [6.45, 7) is 3.27. The number of rotatable bonds is 1. The normalized spacial score (nSPS) is 8.00. The van der Waals surface area contributed by atoms with Crippen molar-refractivity contribution >= 4 is 5.97 Å². The van der Waals surface area contributed by atoms with E-state index in [-0.39, 0.29) is 12.1 Å². The van der Waals surface area contributed by atoms with Crippen LogP contribution in [0.1, 0.15) is 13.8 Å². The SMILES string of the molecule is CC(C)C(=O)OO.N. The molecular weight excluding hydrogens is 110 g/mol. The van der Waals surface area contributed by atoms with Gasteiger partial charge in [-0.05, 0) is 0 Å². The van der Waals surface area contributed by atoms with Crippen LogP contribution in [-0.4, -0.2) is 11.2 Å². The minimum absolute atomic E-state index is 0. The van der Waals surface area contributed by atoms with Crippen molar-refractivity contribution in [1.82, 2.24) is 6.15 Å². The fraction of sp³-hybridized carbons (Fsp3) is 0.750. The Hall–Kier alpha value is -0.610. The summed E-state index contributed by atoms with van der Waals surface area (Å²) in [6.07, 6.45) is 0. The average molecular weight is 121 g/mol. The Kier molecular flexibility index (Phi) is 5.90. The standard InChI is InChI=1S/C4H8O3.H3N/c1-3(2)4(5)7-6;/h3,6H,1-2H3;1H3. The predicted octanol–water partition coefficient (Wildman–Crippen LogP) is 0.821. The minimum atomic E-state index is -0.597. The first kappa shape index (κ1) is 10.4. The average Bonchev–Trinajstić information content (AvgIpc) is 1.65. The Labute approximate surface area is 48.0 Å². The first-order chi connectivity index (χ1) is 3.18. The lowest BCUT2D eigenvalue weighted by atomic mass is 10.2. The number of hydrogen-bond donors (Lipinski definition) is 2. The zero-order valence-electron chi connectivity index (χ0n) is 5.05. The van der Waals surface area contributed by atoms with Gasteiger partial charge in [0.05, 0.1) is 5.92 Å². The van der Waals surface area contributed by atoms with Gasteiger partial charge in [0.2, 0.25) is 0 Å². The van der Waals surface area contributed by atoms with E-state index in [1.54, 1.807) is 13.8 Å². The van der Waals surface area contributed by atoms with E-state index in [0.717, 1.165) is 0 Å². The Morgan fingerprint density at radius 3 is 2.00 bits per heavy atom. The molecule has 4 nitrogen and oxygen atoms in total. The highest BCUT2D eigenvalue weighted by Crippen LogP contribution is 1.91. The van der Waals surface area contributed by atoms with Gasteiger partial charge in [-0.1, -0.05) is 13.8 Å². The molecule has 4 N–H and O–H groups in total. The van der Waals surface area contributed by atoms with Crippen molar-refractivity contribution in [3.8, 4) is 0 Å². The van der Waals surface area contributed by atoms with Crippen LogP contribution < -0.4 is 6.15 Å². The summed E-state index contributed by atoms with van der Waals surface area (Å²) < 4.78 is 0. The molecular formula is C4H11NO3.